The van der Waals surface area contributed by atoms with Gasteiger partial charge in [-0.1, -0.05) is 15.9 Å². The van der Waals surface area contributed by atoms with Crippen LogP contribution >= 0.6 is 27.3 Å². The van der Waals surface area contributed by atoms with Gasteiger partial charge in [-0.15, -0.1) is 11.3 Å². The number of benzene rings is 1. The third-order valence-corrected chi connectivity index (χ3v) is 4.68. The van der Waals surface area contributed by atoms with Crippen LogP contribution in [0.5, 0.6) is 0 Å². The SMILES string of the molecule is CCN(CC)c1ncc(CNc2cc(Br)ccc2C#N)s1. The molecule has 0 aliphatic heterocycles. The van der Waals surface area contributed by atoms with Gasteiger partial charge in [0.2, 0.25) is 0 Å². The number of thiazole rings is 1. The lowest BCUT2D eigenvalue weighted by molar-refractivity contribution is 0.860. The first-order valence-electron chi connectivity index (χ1n) is 6.81. The van der Waals surface area contributed by atoms with Crippen LogP contribution in [0.3, 0.4) is 0 Å². The van der Waals surface area contributed by atoms with E-state index < -0.39 is 0 Å². The Bertz CT molecular complexity index is 643. The maximum Gasteiger partial charge on any atom is 0.185 e. The summed E-state index contributed by atoms with van der Waals surface area (Å²) in [6, 6.07) is 7.79. The number of hydrogen-bond donors (Lipinski definition) is 1. The molecule has 110 valence electrons. The Morgan fingerprint density at radius 3 is 2.81 bits per heavy atom. The van der Waals surface area contributed by atoms with Gasteiger partial charge in [0.05, 0.1) is 17.8 Å². The minimum Gasteiger partial charge on any atom is -0.379 e. The van der Waals surface area contributed by atoms with Crippen molar-refractivity contribution in [3.8, 4) is 6.07 Å². The first-order valence-corrected chi connectivity index (χ1v) is 8.42. The number of rotatable bonds is 6. The van der Waals surface area contributed by atoms with Gasteiger partial charge in [0, 0.05) is 28.6 Å². The molecule has 1 aromatic carbocycles. The molecule has 1 N–H and O–H groups in total. The summed E-state index contributed by atoms with van der Waals surface area (Å²) in [5.74, 6) is 0. The van der Waals surface area contributed by atoms with Crippen molar-refractivity contribution in [2.75, 3.05) is 23.3 Å². The molecule has 1 aromatic heterocycles. The molecule has 0 radical (unpaired) electrons. The molecule has 0 saturated carbocycles. The molecule has 4 nitrogen and oxygen atoms in total. The highest BCUT2D eigenvalue weighted by molar-refractivity contribution is 9.10. The molecule has 0 spiro atoms. The predicted octanol–water partition coefficient (Wildman–Crippen LogP) is 4.24. The third kappa shape index (κ3) is 3.96. The normalized spacial score (nSPS) is 10.2. The van der Waals surface area contributed by atoms with Gasteiger partial charge in [0.1, 0.15) is 6.07 Å². The summed E-state index contributed by atoms with van der Waals surface area (Å²) in [6.45, 7) is 6.85. The first kappa shape index (κ1) is 15.8. The van der Waals surface area contributed by atoms with Crippen molar-refractivity contribution in [3.63, 3.8) is 0 Å². The molecule has 6 heteroatoms. The fraction of sp³-hybridized carbons (Fsp3) is 0.333. The molecule has 21 heavy (non-hydrogen) atoms. The van der Waals surface area contributed by atoms with Crippen molar-refractivity contribution in [1.29, 1.82) is 5.26 Å². The topological polar surface area (TPSA) is 52.0 Å². The molecule has 1 heterocycles. The Morgan fingerprint density at radius 1 is 1.38 bits per heavy atom. The molecule has 0 bridgehead atoms. The van der Waals surface area contributed by atoms with Crippen LogP contribution in [-0.2, 0) is 6.54 Å². The van der Waals surface area contributed by atoms with Crippen LogP contribution < -0.4 is 10.2 Å². The van der Waals surface area contributed by atoms with E-state index in [1.54, 1.807) is 17.4 Å². The minimum atomic E-state index is 0.645. The summed E-state index contributed by atoms with van der Waals surface area (Å²) in [5, 5.41) is 13.5. The number of nitriles is 1. The zero-order chi connectivity index (χ0) is 15.2. The van der Waals surface area contributed by atoms with E-state index >= 15 is 0 Å². The zero-order valence-corrected chi connectivity index (χ0v) is 14.5. The zero-order valence-electron chi connectivity index (χ0n) is 12.1. The van der Waals surface area contributed by atoms with Crippen molar-refractivity contribution in [3.05, 3.63) is 39.3 Å². The summed E-state index contributed by atoms with van der Waals surface area (Å²) in [6.07, 6.45) is 1.90. The van der Waals surface area contributed by atoms with Crippen LogP contribution in [0, 0.1) is 11.3 Å². The lowest BCUT2D eigenvalue weighted by Gasteiger charge is -2.16. The highest BCUT2D eigenvalue weighted by Crippen LogP contribution is 2.25. The van der Waals surface area contributed by atoms with E-state index in [9.17, 15) is 0 Å². The van der Waals surface area contributed by atoms with E-state index in [0.717, 1.165) is 33.3 Å². The summed E-state index contributed by atoms with van der Waals surface area (Å²) in [7, 11) is 0. The van der Waals surface area contributed by atoms with E-state index in [0.29, 0.717) is 12.1 Å². The van der Waals surface area contributed by atoms with Crippen molar-refractivity contribution in [1.82, 2.24) is 4.98 Å². The van der Waals surface area contributed by atoms with E-state index in [4.69, 9.17) is 5.26 Å². The Hall–Kier alpha value is -1.58. The Balaban J connectivity index is 2.07. The average molecular weight is 365 g/mol. The van der Waals surface area contributed by atoms with Crippen LogP contribution in [0.15, 0.2) is 28.9 Å². The second kappa shape index (κ2) is 7.43. The summed E-state index contributed by atoms with van der Waals surface area (Å²) in [4.78, 5) is 7.84. The lowest BCUT2D eigenvalue weighted by Crippen LogP contribution is -2.21. The van der Waals surface area contributed by atoms with Crippen molar-refractivity contribution in [2.24, 2.45) is 0 Å². The molecule has 0 aliphatic rings. The summed E-state index contributed by atoms with van der Waals surface area (Å²) in [5.41, 5.74) is 1.48. The van der Waals surface area contributed by atoms with Gasteiger partial charge in [0.25, 0.3) is 0 Å². The lowest BCUT2D eigenvalue weighted by atomic mass is 10.2. The van der Waals surface area contributed by atoms with Gasteiger partial charge in [-0.2, -0.15) is 5.26 Å². The fourth-order valence-corrected chi connectivity index (χ4v) is 3.30. The quantitative estimate of drug-likeness (QED) is 0.832. The summed E-state index contributed by atoms with van der Waals surface area (Å²) < 4.78 is 0.956. The first-order chi connectivity index (χ1) is 10.2. The van der Waals surface area contributed by atoms with Gasteiger partial charge in [-0.3, -0.25) is 0 Å². The van der Waals surface area contributed by atoms with Crippen molar-refractivity contribution in [2.45, 2.75) is 20.4 Å². The number of nitrogens with one attached hydrogen (secondary N) is 1. The van der Waals surface area contributed by atoms with E-state index in [-0.39, 0.29) is 0 Å². The second-order valence-corrected chi connectivity index (χ2v) is 6.45. The van der Waals surface area contributed by atoms with Gasteiger partial charge >= 0.3 is 0 Å². The Morgan fingerprint density at radius 2 is 2.14 bits per heavy atom. The number of hydrogen-bond acceptors (Lipinski definition) is 5. The maximum absolute atomic E-state index is 9.13. The molecule has 2 rings (SSSR count). The van der Waals surface area contributed by atoms with Gasteiger partial charge in [-0.25, -0.2) is 4.98 Å². The van der Waals surface area contributed by atoms with Crippen LogP contribution in [0.25, 0.3) is 0 Å². The molecular weight excluding hydrogens is 348 g/mol. The van der Waals surface area contributed by atoms with Crippen LogP contribution in [0.2, 0.25) is 0 Å². The minimum absolute atomic E-state index is 0.645. The fourth-order valence-electron chi connectivity index (χ4n) is 1.96. The number of anilines is 2. The van der Waals surface area contributed by atoms with E-state index in [1.807, 2.05) is 18.3 Å². The molecule has 0 fully saturated rings. The highest BCUT2D eigenvalue weighted by atomic mass is 79.9. The smallest absolute Gasteiger partial charge is 0.185 e. The maximum atomic E-state index is 9.13. The number of aromatic nitrogens is 1. The van der Waals surface area contributed by atoms with Crippen LogP contribution in [-0.4, -0.2) is 18.1 Å². The number of halogens is 1. The molecule has 0 saturated heterocycles. The number of nitrogens with zero attached hydrogens (tertiary/aromatic N) is 3. The Labute approximate surface area is 137 Å². The van der Waals surface area contributed by atoms with Gasteiger partial charge in [0.15, 0.2) is 5.13 Å². The van der Waals surface area contributed by atoms with E-state index in [2.05, 4.69) is 51.0 Å². The molecule has 0 aliphatic carbocycles. The monoisotopic (exact) mass is 364 g/mol. The standard InChI is InChI=1S/C15H17BrN4S/c1-3-20(4-2)15-19-10-13(21-15)9-18-14-7-12(16)6-5-11(14)8-17/h5-7,10,18H,3-4,9H2,1-2H3. The third-order valence-electron chi connectivity index (χ3n) is 3.13. The molecular formula is C15H17BrN4S. The van der Waals surface area contributed by atoms with Crippen molar-refractivity contribution >= 4 is 38.1 Å². The van der Waals surface area contributed by atoms with Gasteiger partial charge in [-0.05, 0) is 32.0 Å². The summed E-state index contributed by atoms with van der Waals surface area (Å²) >= 11 is 5.11. The Kier molecular flexibility index (Phi) is 5.59. The molecule has 0 amide bonds. The second-order valence-electron chi connectivity index (χ2n) is 4.44. The van der Waals surface area contributed by atoms with Crippen LogP contribution in [0.1, 0.15) is 24.3 Å². The predicted molar refractivity (Wildman–Crippen MR) is 91.9 cm³/mol. The molecule has 0 unspecified atom stereocenters. The van der Waals surface area contributed by atoms with Gasteiger partial charge < -0.3 is 10.2 Å². The average Bonchev–Trinajstić information content (AvgIpc) is 2.95. The van der Waals surface area contributed by atoms with E-state index in [1.165, 1.54) is 0 Å². The van der Waals surface area contributed by atoms with Crippen molar-refractivity contribution < 1.29 is 0 Å². The highest BCUT2D eigenvalue weighted by Gasteiger charge is 2.08. The van der Waals surface area contributed by atoms with Crippen LogP contribution in [0.4, 0.5) is 10.8 Å². The molecule has 0 atom stereocenters. The molecule has 2 aromatic rings. The largest absolute Gasteiger partial charge is 0.379 e.